The highest BCUT2D eigenvalue weighted by Gasteiger charge is 2.39. The molecule has 8 heteroatoms. The zero-order chi connectivity index (χ0) is 42.5. The smallest absolute Gasteiger partial charge is 0.172 e. The first kappa shape index (κ1) is 40.3. The molecular formula is C51H36N6O2. The van der Waals surface area contributed by atoms with Crippen molar-refractivity contribution in [3.63, 3.8) is 0 Å². The summed E-state index contributed by atoms with van der Waals surface area (Å²) in [5.41, 5.74) is 7.01. The van der Waals surface area contributed by atoms with Gasteiger partial charge in [0.15, 0.2) is 22.7 Å². The zero-order valence-corrected chi connectivity index (χ0v) is 33.2. The number of ether oxygens (including phenoxy) is 2. The van der Waals surface area contributed by atoms with E-state index in [1.807, 2.05) is 91.9 Å². The molecule has 0 spiro atoms. The minimum absolute atomic E-state index is 0.00276. The van der Waals surface area contributed by atoms with Crippen LogP contribution in [0, 0.1) is 68.0 Å². The molecule has 0 N–H and O–H groups in total. The van der Waals surface area contributed by atoms with E-state index in [1.54, 1.807) is 39.8 Å². The van der Waals surface area contributed by atoms with Gasteiger partial charge in [-0.15, -0.1) is 0 Å². The van der Waals surface area contributed by atoms with Gasteiger partial charge < -0.3 is 9.47 Å². The first-order valence-electron chi connectivity index (χ1n) is 18.6. The fraction of sp³-hybridized carbons (Fsp3) is 0.137. The van der Waals surface area contributed by atoms with Crippen LogP contribution in [0.2, 0.25) is 0 Å². The molecule has 0 fully saturated rings. The maximum atomic E-state index is 9.95. The molecule has 6 rings (SSSR count). The fourth-order valence-corrected chi connectivity index (χ4v) is 7.50. The summed E-state index contributed by atoms with van der Waals surface area (Å²) >= 11 is 0. The van der Waals surface area contributed by atoms with Crippen LogP contribution in [0.25, 0.3) is 57.3 Å². The Morgan fingerprint density at radius 3 is 1.27 bits per heavy atom. The number of fused-ring (bicyclic) bond motifs is 1. The van der Waals surface area contributed by atoms with E-state index in [0.29, 0.717) is 11.1 Å². The van der Waals surface area contributed by atoms with E-state index in [2.05, 4.69) is 61.2 Å². The number of rotatable bonds is 8. The van der Waals surface area contributed by atoms with Crippen molar-refractivity contribution in [3.8, 4) is 58.7 Å². The highest BCUT2D eigenvalue weighted by atomic mass is 16.5. The predicted molar refractivity (Wildman–Crippen MR) is 230 cm³/mol. The second kappa shape index (κ2) is 16.4. The summed E-state index contributed by atoms with van der Waals surface area (Å²) < 4.78 is 11.8. The molecule has 59 heavy (non-hydrogen) atoms. The summed E-state index contributed by atoms with van der Waals surface area (Å²) in [5.74, 6) is 0.00612. The van der Waals surface area contributed by atoms with Crippen LogP contribution in [0.3, 0.4) is 0 Å². The number of hydrogen-bond donors (Lipinski definition) is 0. The summed E-state index contributed by atoms with van der Waals surface area (Å²) in [5, 5.41) is 59.7. The highest BCUT2D eigenvalue weighted by Crippen LogP contribution is 2.45. The van der Waals surface area contributed by atoms with Crippen LogP contribution < -0.4 is 0 Å². The van der Waals surface area contributed by atoms with E-state index in [9.17, 15) is 31.6 Å². The molecule has 8 nitrogen and oxygen atoms in total. The molecule has 2 aliphatic rings. The van der Waals surface area contributed by atoms with Crippen molar-refractivity contribution in [2.24, 2.45) is 0 Å². The molecule has 0 amide bonds. The second-order valence-corrected chi connectivity index (χ2v) is 14.6. The van der Waals surface area contributed by atoms with Gasteiger partial charge in [0.25, 0.3) is 0 Å². The van der Waals surface area contributed by atoms with Crippen molar-refractivity contribution < 1.29 is 9.47 Å². The minimum Gasteiger partial charge on any atom is -0.480 e. The first-order valence-corrected chi connectivity index (χ1v) is 18.6. The number of hydrogen-bond acceptors (Lipinski definition) is 8. The van der Waals surface area contributed by atoms with Crippen LogP contribution in [0.4, 0.5) is 0 Å². The van der Waals surface area contributed by atoms with E-state index >= 15 is 0 Å². The van der Waals surface area contributed by atoms with Gasteiger partial charge in [0.1, 0.15) is 58.8 Å². The number of benzene rings is 4. The van der Waals surface area contributed by atoms with Crippen molar-refractivity contribution in [1.29, 1.82) is 31.6 Å². The Morgan fingerprint density at radius 1 is 0.542 bits per heavy atom. The van der Waals surface area contributed by atoms with Gasteiger partial charge in [-0.1, -0.05) is 122 Å². The maximum Gasteiger partial charge on any atom is 0.172 e. The Bertz CT molecular complexity index is 2910. The van der Waals surface area contributed by atoms with Gasteiger partial charge in [0.05, 0.1) is 0 Å². The third-order valence-electron chi connectivity index (χ3n) is 10.2. The average Bonchev–Trinajstić information content (AvgIpc) is 3.66. The Kier molecular flexibility index (Phi) is 11.2. The van der Waals surface area contributed by atoms with E-state index < -0.39 is 11.2 Å². The molecule has 0 saturated heterocycles. The number of allylic oxidation sites excluding steroid dienone is 5. The van der Waals surface area contributed by atoms with Crippen molar-refractivity contribution >= 4 is 35.1 Å². The van der Waals surface area contributed by atoms with Crippen LogP contribution >= 0.6 is 0 Å². The lowest BCUT2D eigenvalue weighted by atomic mass is 9.83. The van der Waals surface area contributed by atoms with Gasteiger partial charge in [0, 0.05) is 11.1 Å². The Morgan fingerprint density at radius 2 is 0.932 bits per heavy atom. The third kappa shape index (κ3) is 7.36. The van der Waals surface area contributed by atoms with Gasteiger partial charge in [-0.2, -0.15) is 31.6 Å². The average molecular weight is 765 g/mol. The van der Waals surface area contributed by atoms with E-state index in [1.165, 1.54) is 0 Å². The third-order valence-corrected chi connectivity index (χ3v) is 10.2. The standard InChI is InChI=1S/C51H36N6O2/c1-7-11-39-38(8-2)46(34-20-14-32(15-21-34)18-24-44-42(30-56)48(36(26-52)27-53)58-50(44,3)4)40-12-9-10-13-41(40)47(39)35-22-16-33(17-23-35)19-25-45-43(31-57)49(37(28-54)29-55)59-51(45,5)6/h7-25H,2H2,1,3-6H3/b11-7-,24-18+,25-19+. The highest BCUT2D eigenvalue weighted by molar-refractivity contribution is 6.11. The normalized spacial score (nSPS) is 15.3. The summed E-state index contributed by atoms with van der Waals surface area (Å²) in [6, 6.07) is 36.1. The second-order valence-electron chi connectivity index (χ2n) is 14.6. The van der Waals surface area contributed by atoms with Gasteiger partial charge in [-0.05, 0) is 89.9 Å². The minimum atomic E-state index is -0.914. The summed E-state index contributed by atoms with van der Waals surface area (Å²) in [6.07, 6.45) is 13.4. The molecule has 0 bridgehead atoms. The van der Waals surface area contributed by atoms with Crippen LogP contribution in [-0.4, -0.2) is 11.2 Å². The molecule has 0 unspecified atom stereocenters. The Balaban J connectivity index is 1.41. The summed E-state index contributed by atoms with van der Waals surface area (Å²) in [7, 11) is 0. The molecule has 2 heterocycles. The lowest BCUT2D eigenvalue weighted by Gasteiger charge is -2.21. The SMILES string of the molecule is C=Cc1c(/C=C\C)c(-c2ccc(/C=C/C3=C(C#N)C(=C(C#N)C#N)OC3(C)C)cc2)c2ccccc2c1-c1ccc(/C=C/C2=C(C#N)C(=C(C#N)C#N)OC2(C)C)cc1. The monoisotopic (exact) mass is 764 g/mol. The molecular weight excluding hydrogens is 729 g/mol. The number of nitriles is 6. The first-order chi connectivity index (χ1) is 28.4. The molecule has 0 aliphatic carbocycles. The van der Waals surface area contributed by atoms with E-state index in [-0.39, 0.29) is 33.8 Å². The summed E-state index contributed by atoms with van der Waals surface area (Å²) in [4.78, 5) is 0. The van der Waals surface area contributed by atoms with Gasteiger partial charge >= 0.3 is 0 Å². The van der Waals surface area contributed by atoms with E-state index in [0.717, 1.165) is 55.3 Å². The maximum absolute atomic E-state index is 9.95. The lowest BCUT2D eigenvalue weighted by molar-refractivity contribution is 0.0951. The van der Waals surface area contributed by atoms with Crippen molar-refractivity contribution in [3.05, 3.63) is 165 Å². The predicted octanol–water partition coefficient (Wildman–Crippen LogP) is 11.7. The topological polar surface area (TPSA) is 161 Å². The van der Waals surface area contributed by atoms with Gasteiger partial charge in [0.2, 0.25) is 0 Å². The summed E-state index contributed by atoms with van der Waals surface area (Å²) in [6.45, 7) is 13.4. The molecule has 4 aromatic carbocycles. The quantitative estimate of drug-likeness (QED) is 0.160. The molecule has 4 aromatic rings. The van der Waals surface area contributed by atoms with Crippen LogP contribution in [0.1, 0.15) is 56.9 Å². The van der Waals surface area contributed by atoms with Gasteiger partial charge in [-0.25, -0.2) is 0 Å². The van der Waals surface area contributed by atoms with Gasteiger partial charge in [-0.3, -0.25) is 0 Å². The zero-order valence-electron chi connectivity index (χ0n) is 33.2. The van der Waals surface area contributed by atoms with Crippen molar-refractivity contribution in [2.75, 3.05) is 0 Å². The largest absolute Gasteiger partial charge is 0.480 e. The molecule has 282 valence electrons. The molecule has 2 aliphatic heterocycles. The van der Waals surface area contributed by atoms with Crippen LogP contribution in [0.5, 0.6) is 0 Å². The van der Waals surface area contributed by atoms with Crippen LogP contribution in [-0.2, 0) is 9.47 Å². The number of nitrogens with zero attached hydrogens (tertiary/aromatic N) is 6. The lowest BCUT2D eigenvalue weighted by Crippen LogP contribution is -2.20. The molecule has 0 saturated carbocycles. The molecule has 0 atom stereocenters. The van der Waals surface area contributed by atoms with Crippen molar-refractivity contribution in [2.45, 2.75) is 45.8 Å². The Labute approximate surface area is 344 Å². The molecule has 0 radical (unpaired) electrons. The fourth-order valence-electron chi connectivity index (χ4n) is 7.50. The van der Waals surface area contributed by atoms with Crippen molar-refractivity contribution in [1.82, 2.24) is 0 Å². The Hall–Kier alpha value is -8.40. The van der Waals surface area contributed by atoms with Crippen LogP contribution in [0.15, 0.2) is 143 Å². The van der Waals surface area contributed by atoms with E-state index in [4.69, 9.17) is 9.47 Å². The molecule has 0 aromatic heterocycles.